The summed E-state index contributed by atoms with van der Waals surface area (Å²) in [5.41, 5.74) is -1.27. The van der Waals surface area contributed by atoms with Gasteiger partial charge in [0, 0.05) is 11.6 Å². The van der Waals surface area contributed by atoms with Crippen LogP contribution in [0.2, 0.25) is 0 Å². The van der Waals surface area contributed by atoms with Gasteiger partial charge < -0.3 is 9.67 Å². The summed E-state index contributed by atoms with van der Waals surface area (Å²) in [4.78, 5) is 0. The third-order valence-corrected chi connectivity index (χ3v) is 2.95. The number of hydrogen-bond acceptors (Lipinski definition) is 3. The zero-order valence-corrected chi connectivity index (χ0v) is 11.3. The van der Waals surface area contributed by atoms with E-state index in [4.69, 9.17) is 0 Å². The number of rotatable bonds is 3. The van der Waals surface area contributed by atoms with Crippen LogP contribution in [0.15, 0.2) is 18.2 Å². The Bertz CT molecular complexity index is 649. The molecule has 4 nitrogen and oxygen atoms in total. The van der Waals surface area contributed by atoms with Crippen LogP contribution in [0.3, 0.4) is 0 Å². The van der Waals surface area contributed by atoms with E-state index in [1.807, 2.05) is 0 Å². The molecule has 1 aromatic carbocycles. The summed E-state index contributed by atoms with van der Waals surface area (Å²) in [7, 11) is 0. The van der Waals surface area contributed by atoms with E-state index in [2.05, 4.69) is 10.2 Å². The molecule has 0 bridgehead atoms. The lowest BCUT2D eigenvalue weighted by Gasteiger charge is -2.14. The van der Waals surface area contributed by atoms with Gasteiger partial charge in [-0.05, 0) is 32.0 Å². The molecule has 1 heterocycles. The largest absolute Gasteiger partial charge is 0.419 e. The van der Waals surface area contributed by atoms with Gasteiger partial charge in [0.1, 0.15) is 12.4 Å². The third kappa shape index (κ3) is 2.90. The Kier molecular flexibility index (Phi) is 3.99. The summed E-state index contributed by atoms with van der Waals surface area (Å²) in [6.07, 6.45) is -4.79. The van der Waals surface area contributed by atoms with Crippen LogP contribution in [-0.4, -0.2) is 19.9 Å². The predicted octanol–water partition coefficient (Wildman–Crippen LogP) is 3.18. The van der Waals surface area contributed by atoms with E-state index in [0.717, 1.165) is 6.07 Å². The molecule has 0 saturated carbocycles. The molecule has 2 aromatic rings. The number of nitrogens with zero attached hydrogens (tertiary/aromatic N) is 3. The topological polar surface area (TPSA) is 50.9 Å². The molecule has 0 atom stereocenters. The maximum Gasteiger partial charge on any atom is 0.419 e. The van der Waals surface area contributed by atoms with Crippen LogP contribution in [0, 0.1) is 5.82 Å². The van der Waals surface area contributed by atoms with Crippen LogP contribution < -0.4 is 0 Å². The molecule has 1 aromatic heterocycles. The first-order chi connectivity index (χ1) is 9.75. The summed E-state index contributed by atoms with van der Waals surface area (Å²) in [6.45, 7) is 3.17. The molecule has 8 heteroatoms. The highest BCUT2D eigenvalue weighted by molar-refractivity contribution is 5.57. The van der Waals surface area contributed by atoms with Crippen molar-refractivity contribution in [1.82, 2.24) is 14.8 Å². The Hall–Kier alpha value is -1.96. The fraction of sp³-hybridized carbons (Fsp3) is 0.385. The summed E-state index contributed by atoms with van der Waals surface area (Å²) < 4.78 is 53.1. The van der Waals surface area contributed by atoms with Crippen molar-refractivity contribution < 1.29 is 22.7 Å². The first-order valence-corrected chi connectivity index (χ1v) is 6.17. The SMILES string of the molecule is CC(C)n1c(CO)nnc1-c1ccc(F)c(C(F)(F)F)c1. The van der Waals surface area contributed by atoms with E-state index in [9.17, 15) is 22.7 Å². The van der Waals surface area contributed by atoms with Crippen molar-refractivity contribution in [3.8, 4) is 11.4 Å². The molecule has 2 rings (SSSR count). The highest BCUT2D eigenvalue weighted by atomic mass is 19.4. The zero-order valence-electron chi connectivity index (χ0n) is 11.3. The molecule has 0 aliphatic carbocycles. The maximum absolute atomic E-state index is 13.3. The van der Waals surface area contributed by atoms with Crippen molar-refractivity contribution in [2.24, 2.45) is 0 Å². The van der Waals surface area contributed by atoms with Gasteiger partial charge in [-0.25, -0.2) is 4.39 Å². The molecule has 0 radical (unpaired) electrons. The predicted molar refractivity (Wildman–Crippen MR) is 66.7 cm³/mol. The van der Waals surface area contributed by atoms with Crippen LogP contribution >= 0.6 is 0 Å². The molecule has 0 fully saturated rings. The highest BCUT2D eigenvalue weighted by Gasteiger charge is 2.34. The summed E-state index contributed by atoms with van der Waals surface area (Å²) in [6, 6.07) is 2.47. The van der Waals surface area contributed by atoms with E-state index in [1.54, 1.807) is 13.8 Å². The number of halogens is 4. The van der Waals surface area contributed by atoms with Crippen LogP contribution in [0.25, 0.3) is 11.4 Å². The second-order valence-electron chi connectivity index (χ2n) is 4.75. The van der Waals surface area contributed by atoms with Gasteiger partial charge in [-0.1, -0.05) is 0 Å². The van der Waals surface area contributed by atoms with Gasteiger partial charge in [0.2, 0.25) is 0 Å². The lowest BCUT2D eigenvalue weighted by atomic mass is 10.1. The molecular formula is C13H13F4N3O. The average molecular weight is 303 g/mol. The molecule has 0 aliphatic heterocycles. The van der Waals surface area contributed by atoms with Crippen molar-refractivity contribution in [2.75, 3.05) is 0 Å². The van der Waals surface area contributed by atoms with Crippen molar-refractivity contribution in [3.63, 3.8) is 0 Å². The van der Waals surface area contributed by atoms with E-state index in [-0.39, 0.29) is 23.3 Å². The molecule has 0 spiro atoms. The van der Waals surface area contributed by atoms with Crippen molar-refractivity contribution in [3.05, 3.63) is 35.4 Å². The summed E-state index contributed by atoms with van der Waals surface area (Å²) >= 11 is 0. The Morgan fingerprint density at radius 2 is 1.90 bits per heavy atom. The van der Waals surface area contributed by atoms with Gasteiger partial charge in [0.05, 0.1) is 5.56 Å². The lowest BCUT2D eigenvalue weighted by Crippen LogP contribution is -2.10. The maximum atomic E-state index is 13.3. The number of hydrogen-bond donors (Lipinski definition) is 1. The molecule has 0 saturated heterocycles. The molecular weight excluding hydrogens is 290 g/mol. The van der Waals surface area contributed by atoms with Crippen molar-refractivity contribution >= 4 is 0 Å². The number of aliphatic hydroxyl groups excluding tert-OH is 1. The second-order valence-corrected chi connectivity index (χ2v) is 4.75. The highest BCUT2D eigenvalue weighted by Crippen LogP contribution is 2.34. The standard InChI is InChI=1S/C13H13F4N3O/c1-7(2)20-11(6-21)18-19-12(20)8-3-4-10(14)9(5-8)13(15,16)17/h3-5,7,21H,6H2,1-2H3. The number of alkyl halides is 3. The van der Waals surface area contributed by atoms with Crippen LogP contribution in [0.4, 0.5) is 17.6 Å². The Morgan fingerprint density at radius 3 is 2.43 bits per heavy atom. The van der Waals surface area contributed by atoms with Gasteiger partial charge in [-0.15, -0.1) is 10.2 Å². The van der Waals surface area contributed by atoms with Crippen molar-refractivity contribution in [2.45, 2.75) is 32.7 Å². The fourth-order valence-corrected chi connectivity index (χ4v) is 2.05. The minimum absolute atomic E-state index is 0.0876. The van der Waals surface area contributed by atoms with Crippen LogP contribution in [-0.2, 0) is 12.8 Å². The third-order valence-electron chi connectivity index (χ3n) is 2.95. The minimum Gasteiger partial charge on any atom is -0.388 e. The summed E-state index contributed by atoms with van der Waals surface area (Å²) in [5, 5.41) is 16.7. The average Bonchev–Trinajstić information content (AvgIpc) is 2.81. The molecule has 1 N–H and O–H groups in total. The van der Waals surface area contributed by atoms with Gasteiger partial charge in [-0.2, -0.15) is 13.2 Å². The van der Waals surface area contributed by atoms with Gasteiger partial charge >= 0.3 is 6.18 Å². The Labute approximate surface area is 118 Å². The quantitative estimate of drug-likeness (QED) is 0.886. The van der Waals surface area contributed by atoms with Gasteiger partial charge in [0.15, 0.2) is 11.6 Å². The number of aliphatic hydroxyl groups is 1. The minimum atomic E-state index is -4.79. The van der Waals surface area contributed by atoms with E-state index in [1.165, 1.54) is 10.6 Å². The van der Waals surface area contributed by atoms with Gasteiger partial charge in [-0.3, -0.25) is 0 Å². The fourth-order valence-electron chi connectivity index (χ4n) is 2.05. The van der Waals surface area contributed by atoms with E-state index < -0.39 is 24.2 Å². The second kappa shape index (κ2) is 5.44. The Morgan fingerprint density at radius 1 is 1.24 bits per heavy atom. The Balaban J connectivity index is 2.61. The molecule has 0 unspecified atom stereocenters. The first-order valence-electron chi connectivity index (χ1n) is 6.17. The molecule has 114 valence electrons. The first kappa shape index (κ1) is 15.4. The summed E-state index contributed by atoms with van der Waals surface area (Å²) in [5.74, 6) is -0.957. The monoisotopic (exact) mass is 303 g/mol. The van der Waals surface area contributed by atoms with Crippen LogP contribution in [0.5, 0.6) is 0 Å². The smallest absolute Gasteiger partial charge is 0.388 e. The van der Waals surface area contributed by atoms with Gasteiger partial charge in [0.25, 0.3) is 0 Å². The van der Waals surface area contributed by atoms with E-state index >= 15 is 0 Å². The molecule has 0 aliphatic rings. The van der Waals surface area contributed by atoms with Crippen molar-refractivity contribution in [1.29, 1.82) is 0 Å². The lowest BCUT2D eigenvalue weighted by molar-refractivity contribution is -0.139. The number of aromatic nitrogens is 3. The normalized spacial score (nSPS) is 12.2. The zero-order chi connectivity index (χ0) is 15.8. The molecule has 0 amide bonds. The number of benzene rings is 1. The van der Waals surface area contributed by atoms with Crippen LogP contribution in [0.1, 0.15) is 31.3 Å². The van der Waals surface area contributed by atoms with E-state index in [0.29, 0.717) is 6.07 Å². The molecule has 21 heavy (non-hydrogen) atoms.